The third kappa shape index (κ3) is 2.33. The molecule has 2 N–H and O–H groups in total. The minimum Gasteiger partial charge on any atom is -0.350 e. The highest BCUT2D eigenvalue weighted by molar-refractivity contribution is 5.84. The summed E-state index contributed by atoms with van der Waals surface area (Å²) in [4.78, 5) is 0. The van der Waals surface area contributed by atoms with E-state index in [9.17, 15) is 0 Å². The Labute approximate surface area is 131 Å². The molecule has 3 rings (SSSR count). The number of aryl methyl sites for hydroxylation is 2. The lowest BCUT2D eigenvalue weighted by atomic mass is 9.94. The van der Waals surface area contributed by atoms with Gasteiger partial charge >= 0.3 is 0 Å². The zero-order chi connectivity index (χ0) is 15.9. The first-order chi connectivity index (χ1) is 10.5. The summed E-state index contributed by atoms with van der Waals surface area (Å²) in [6.07, 6.45) is 2.20. The number of rotatable bonds is 4. The second-order valence-electron chi connectivity index (χ2n) is 6.27. The van der Waals surface area contributed by atoms with Crippen LogP contribution in [0.4, 0.5) is 0 Å². The Balaban J connectivity index is 2.14. The number of fused-ring (bicyclic) bond motifs is 1. The van der Waals surface area contributed by atoms with Gasteiger partial charge in [0.1, 0.15) is 0 Å². The van der Waals surface area contributed by atoms with Crippen LogP contribution in [-0.4, -0.2) is 20.9 Å². The van der Waals surface area contributed by atoms with E-state index in [0.717, 1.165) is 5.69 Å². The normalized spacial score (nSPS) is 13.2. The van der Waals surface area contributed by atoms with Crippen molar-refractivity contribution in [1.29, 1.82) is 0 Å². The van der Waals surface area contributed by atoms with Crippen molar-refractivity contribution in [3.8, 4) is 0 Å². The molecule has 0 aliphatic heterocycles. The largest absolute Gasteiger partial charge is 0.350 e. The van der Waals surface area contributed by atoms with Crippen LogP contribution < -0.4 is 5.73 Å². The highest BCUT2D eigenvalue weighted by Crippen LogP contribution is 2.32. The second kappa shape index (κ2) is 5.61. The monoisotopic (exact) mass is 296 g/mol. The van der Waals surface area contributed by atoms with Crippen LogP contribution in [0.2, 0.25) is 0 Å². The van der Waals surface area contributed by atoms with Gasteiger partial charge in [-0.15, -0.1) is 0 Å². The van der Waals surface area contributed by atoms with Crippen LogP contribution in [0.15, 0.2) is 36.5 Å². The summed E-state index contributed by atoms with van der Waals surface area (Å²) in [5, 5.41) is 5.92. The van der Waals surface area contributed by atoms with E-state index in [0.29, 0.717) is 12.5 Å². The highest BCUT2D eigenvalue weighted by atomic mass is 15.3. The van der Waals surface area contributed by atoms with Crippen molar-refractivity contribution in [1.82, 2.24) is 14.3 Å². The van der Waals surface area contributed by atoms with E-state index in [-0.39, 0.29) is 5.92 Å². The van der Waals surface area contributed by atoms with E-state index in [1.807, 2.05) is 11.7 Å². The molecule has 4 nitrogen and oxygen atoms in total. The highest BCUT2D eigenvalue weighted by Gasteiger charge is 2.22. The molecule has 0 bridgehead atoms. The van der Waals surface area contributed by atoms with Crippen LogP contribution in [-0.2, 0) is 14.1 Å². The van der Waals surface area contributed by atoms with Crippen LogP contribution in [0.25, 0.3) is 10.9 Å². The molecule has 0 amide bonds. The minimum atomic E-state index is 0.163. The molecular weight excluding hydrogens is 272 g/mol. The fourth-order valence-electron chi connectivity index (χ4n) is 3.17. The molecular formula is C18H24N4. The Morgan fingerprint density at radius 2 is 1.91 bits per heavy atom. The van der Waals surface area contributed by atoms with Gasteiger partial charge in [0.25, 0.3) is 0 Å². The van der Waals surface area contributed by atoms with Gasteiger partial charge in [-0.1, -0.05) is 32.0 Å². The number of nitrogens with two attached hydrogens (primary N) is 1. The lowest BCUT2D eigenvalue weighted by Crippen LogP contribution is -2.16. The maximum atomic E-state index is 6.14. The lowest BCUT2D eigenvalue weighted by Gasteiger charge is -2.14. The summed E-state index contributed by atoms with van der Waals surface area (Å²) in [5.41, 5.74) is 11.0. The molecule has 0 saturated heterocycles. The second-order valence-corrected chi connectivity index (χ2v) is 6.27. The summed E-state index contributed by atoms with van der Waals surface area (Å²) in [6.45, 7) is 4.91. The number of benzene rings is 1. The van der Waals surface area contributed by atoms with Crippen molar-refractivity contribution in [2.45, 2.75) is 25.7 Å². The molecule has 0 saturated carbocycles. The van der Waals surface area contributed by atoms with Crippen LogP contribution in [0, 0.1) is 0 Å². The van der Waals surface area contributed by atoms with Gasteiger partial charge in [0.2, 0.25) is 0 Å². The molecule has 1 atom stereocenters. The molecule has 0 aliphatic rings. The Morgan fingerprint density at radius 3 is 2.55 bits per heavy atom. The number of aromatic nitrogens is 3. The van der Waals surface area contributed by atoms with Crippen molar-refractivity contribution in [2.75, 3.05) is 6.54 Å². The first kappa shape index (κ1) is 14.9. The molecule has 3 aromatic rings. The molecule has 0 aliphatic carbocycles. The molecule has 2 heterocycles. The maximum absolute atomic E-state index is 6.14. The molecule has 1 aromatic carbocycles. The number of nitrogens with zero attached hydrogens (tertiary/aromatic N) is 3. The van der Waals surface area contributed by atoms with Gasteiger partial charge in [-0.3, -0.25) is 4.68 Å². The van der Waals surface area contributed by atoms with Crippen LogP contribution in [0.5, 0.6) is 0 Å². The Morgan fingerprint density at radius 1 is 1.18 bits per heavy atom. The number of para-hydroxylation sites is 1. The minimum absolute atomic E-state index is 0.163. The molecule has 1 unspecified atom stereocenters. The van der Waals surface area contributed by atoms with Gasteiger partial charge in [0.05, 0.1) is 5.69 Å². The summed E-state index contributed by atoms with van der Waals surface area (Å²) < 4.78 is 4.15. The number of hydrogen-bond acceptors (Lipinski definition) is 2. The molecule has 0 spiro atoms. The fourth-order valence-corrected chi connectivity index (χ4v) is 3.17. The van der Waals surface area contributed by atoms with Crippen molar-refractivity contribution in [2.24, 2.45) is 19.8 Å². The average molecular weight is 296 g/mol. The van der Waals surface area contributed by atoms with E-state index >= 15 is 0 Å². The van der Waals surface area contributed by atoms with Crippen molar-refractivity contribution >= 4 is 10.9 Å². The molecule has 2 aromatic heterocycles. The summed E-state index contributed by atoms with van der Waals surface area (Å²) in [6, 6.07) is 10.7. The van der Waals surface area contributed by atoms with Crippen LogP contribution in [0.1, 0.15) is 42.6 Å². The summed E-state index contributed by atoms with van der Waals surface area (Å²) in [5.74, 6) is 0.585. The Kier molecular flexibility index (Phi) is 3.79. The average Bonchev–Trinajstić information content (AvgIpc) is 3.03. The van der Waals surface area contributed by atoms with Crippen molar-refractivity contribution < 1.29 is 0 Å². The molecule has 0 radical (unpaired) electrons. The van der Waals surface area contributed by atoms with Crippen LogP contribution in [0.3, 0.4) is 0 Å². The molecule has 22 heavy (non-hydrogen) atoms. The molecule has 0 fully saturated rings. The summed E-state index contributed by atoms with van der Waals surface area (Å²) >= 11 is 0. The Bertz CT molecular complexity index is 795. The zero-order valence-corrected chi connectivity index (χ0v) is 13.7. The lowest BCUT2D eigenvalue weighted by molar-refractivity contribution is 0.650. The first-order valence-corrected chi connectivity index (χ1v) is 7.80. The van der Waals surface area contributed by atoms with Gasteiger partial charge < -0.3 is 10.3 Å². The van der Waals surface area contributed by atoms with E-state index in [2.05, 4.69) is 67.1 Å². The number of hydrogen-bond donors (Lipinski definition) is 1. The SMILES string of the molecule is CC(C)c1cc(C(CN)c2cn(C)c3ccccc23)n(C)n1. The maximum Gasteiger partial charge on any atom is 0.0653 e. The topological polar surface area (TPSA) is 48.8 Å². The van der Waals surface area contributed by atoms with Gasteiger partial charge in [-0.2, -0.15) is 5.10 Å². The molecule has 116 valence electrons. The van der Waals surface area contributed by atoms with Gasteiger partial charge in [-0.25, -0.2) is 0 Å². The summed E-state index contributed by atoms with van der Waals surface area (Å²) in [7, 11) is 4.09. The van der Waals surface area contributed by atoms with Crippen LogP contribution >= 0.6 is 0 Å². The quantitative estimate of drug-likeness (QED) is 0.804. The van der Waals surface area contributed by atoms with Crippen molar-refractivity contribution in [3.05, 3.63) is 53.5 Å². The van der Waals surface area contributed by atoms with E-state index in [1.165, 1.54) is 22.2 Å². The smallest absolute Gasteiger partial charge is 0.0653 e. The van der Waals surface area contributed by atoms with Crippen molar-refractivity contribution in [3.63, 3.8) is 0 Å². The van der Waals surface area contributed by atoms with E-state index < -0.39 is 0 Å². The standard InChI is InChI=1S/C18H24N4/c1-12(2)16-9-18(22(4)20-16)14(10-19)15-11-21(3)17-8-6-5-7-13(15)17/h5-9,11-12,14H,10,19H2,1-4H3. The zero-order valence-electron chi connectivity index (χ0n) is 13.7. The molecule has 4 heteroatoms. The van der Waals surface area contributed by atoms with Gasteiger partial charge in [-0.05, 0) is 23.6 Å². The van der Waals surface area contributed by atoms with Gasteiger partial charge in [0.15, 0.2) is 0 Å². The Hall–Kier alpha value is -2.07. The van der Waals surface area contributed by atoms with E-state index in [4.69, 9.17) is 5.73 Å². The van der Waals surface area contributed by atoms with E-state index in [1.54, 1.807) is 0 Å². The third-order valence-corrected chi connectivity index (χ3v) is 4.42. The van der Waals surface area contributed by atoms with Gasteiger partial charge in [0, 0.05) is 49.4 Å². The predicted octanol–water partition coefficient (Wildman–Crippen LogP) is 3.13. The first-order valence-electron chi connectivity index (χ1n) is 7.80. The fraction of sp³-hybridized carbons (Fsp3) is 0.389. The predicted molar refractivity (Wildman–Crippen MR) is 91.1 cm³/mol. The third-order valence-electron chi connectivity index (χ3n) is 4.42.